The Morgan fingerprint density at radius 1 is 1.30 bits per heavy atom. The Hall–Kier alpha value is -1.40. The summed E-state index contributed by atoms with van der Waals surface area (Å²) >= 11 is 3.04. The van der Waals surface area contributed by atoms with Crippen LogP contribution in [-0.2, 0) is 4.79 Å². The van der Waals surface area contributed by atoms with Crippen LogP contribution in [0.1, 0.15) is 36.4 Å². The van der Waals surface area contributed by atoms with Crippen LogP contribution in [0.3, 0.4) is 0 Å². The van der Waals surface area contributed by atoms with E-state index >= 15 is 0 Å². The maximum absolute atomic E-state index is 12.1. The number of carboxylic acids is 1. The van der Waals surface area contributed by atoms with Gasteiger partial charge in [0.1, 0.15) is 0 Å². The van der Waals surface area contributed by atoms with Gasteiger partial charge in [-0.25, -0.2) is 0 Å². The molecule has 0 aliphatic heterocycles. The molecule has 0 bridgehead atoms. The molecule has 0 aromatic carbocycles. The molecule has 0 atom stereocenters. The van der Waals surface area contributed by atoms with E-state index in [0.29, 0.717) is 17.7 Å². The molecule has 0 aliphatic carbocycles. The standard InChI is InChI=1S/C14H17NO3S2/c1-3-14(4-2,13(17)18)8-15-12(16)11-7-10-9(20-11)5-6-19-10/h5-7H,3-4,8H2,1-2H3,(H,15,16)(H,17,18). The minimum Gasteiger partial charge on any atom is -0.481 e. The van der Waals surface area contributed by atoms with Crippen molar-refractivity contribution in [3.8, 4) is 0 Å². The van der Waals surface area contributed by atoms with Gasteiger partial charge in [0.25, 0.3) is 5.91 Å². The van der Waals surface area contributed by atoms with Gasteiger partial charge in [-0.3, -0.25) is 9.59 Å². The first-order valence-corrected chi connectivity index (χ1v) is 8.20. The number of nitrogens with one attached hydrogen (secondary N) is 1. The number of hydrogen-bond acceptors (Lipinski definition) is 4. The number of fused-ring (bicyclic) bond motifs is 1. The van der Waals surface area contributed by atoms with E-state index in [1.165, 1.54) is 11.3 Å². The topological polar surface area (TPSA) is 66.4 Å². The summed E-state index contributed by atoms with van der Waals surface area (Å²) in [6, 6.07) is 3.85. The van der Waals surface area contributed by atoms with Crippen molar-refractivity contribution >= 4 is 43.9 Å². The summed E-state index contributed by atoms with van der Waals surface area (Å²) in [5.41, 5.74) is -0.871. The van der Waals surface area contributed by atoms with Crippen LogP contribution in [0.25, 0.3) is 9.40 Å². The van der Waals surface area contributed by atoms with Gasteiger partial charge in [-0.1, -0.05) is 13.8 Å². The quantitative estimate of drug-likeness (QED) is 0.857. The van der Waals surface area contributed by atoms with E-state index in [0.717, 1.165) is 9.40 Å². The molecule has 0 saturated heterocycles. The summed E-state index contributed by atoms with van der Waals surface area (Å²) in [5.74, 6) is -1.04. The third-order valence-electron chi connectivity index (χ3n) is 3.76. The van der Waals surface area contributed by atoms with Crippen LogP contribution >= 0.6 is 22.7 Å². The molecule has 6 heteroatoms. The monoisotopic (exact) mass is 311 g/mol. The summed E-state index contributed by atoms with van der Waals surface area (Å²) in [6.07, 6.45) is 0.997. The minimum absolute atomic E-state index is 0.166. The molecule has 1 amide bonds. The first-order chi connectivity index (χ1) is 9.52. The fourth-order valence-corrected chi connectivity index (χ4v) is 4.12. The molecule has 0 aliphatic rings. The highest BCUT2D eigenvalue weighted by Gasteiger charge is 2.35. The molecule has 0 spiro atoms. The molecule has 4 nitrogen and oxygen atoms in total. The Labute approximate surface area is 125 Å². The van der Waals surface area contributed by atoms with Crippen LogP contribution < -0.4 is 5.32 Å². The molecule has 0 radical (unpaired) electrons. The normalized spacial score (nSPS) is 11.7. The number of aliphatic carboxylic acids is 1. The summed E-state index contributed by atoms with van der Waals surface area (Å²) in [5, 5.41) is 14.1. The van der Waals surface area contributed by atoms with Crippen molar-refractivity contribution in [2.75, 3.05) is 6.54 Å². The van der Waals surface area contributed by atoms with Crippen molar-refractivity contribution in [3.05, 3.63) is 22.4 Å². The van der Waals surface area contributed by atoms with Crippen LogP contribution in [0.5, 0.6) is 0 Å². The van der Waals surface area contributed by atoms with Crippen molar-refractivity contribution in [2.24, 2.45) is 5.41 Å². The Kier molecular flexibility index (Phi) is 4.45. The van der Waals surface area contributed by atoms with Crippen molar-refractivity contribution in [2.45, 2.75) is 26.7 Å². The van der Waals surface area contributed by atoms with Crippen molar-refractivity contribution in [1.82, 2.24) is 5.32 Å². The molecule has 108 valence electrons. The smallest absolute Gasteiger partial charge is 0.311 e. The van der Waals surface area contributed by atoms with E-state index in [9.17, 15) is 14.7 Å². The second kappa shape index (κ2) is 5.93. The van der Waals surface area contributed by atoms with E-state index in [1.54, 1.807) is 11.3 Å². The maximum atomic E-state index is 12.1. The first-order valence-electron chi connectivity index (χ1n) is 6.51. The molecule has 0 saturated carbocycles. The van der Waals surface area contributed by atoms with Gasteiger partial charge in [-0.2, -0.15) is 0 Å². The summed E-state index contributed by atoms with van der Waals surface area (Å²) in [7, 11) is 0. The molecule has 20 heavy (non-hydrogen) atoms. The van der Waals surface area contributed by atoms with Crippen molar-refractivity contribution in [3.63, 3.8) is 0 Å². The number of carbonyl (C=O) groups is 2. The summed E-state index contributed by atoms with van der Waals surface area (Å²) in [6.45, 7) is 3.84. The Morgan fingerprint density at radius 2 is 2.00 bits per heavy atom. The van der Waals surface area contributed by atoms with Crippen LogP contribution in [0.2, 0.25) is 0 Å². The predicted octanol–water partition coefficient (Wildman–Crippen LogP) is 3.58. The van der Waals surface area contributed by atoms with Gasteiger partial charge in [0.15, 0.2) is 0 Å². The lowest BCUT2D eigenvalue weighted by atomic mass is 9.82. The van der Waals surface area contributed by atoms with Gasteiger partial charge in [0.05, 0.1) is 10.3 Å². The van der Waals surface area contributed by atoms with Gasteiger partial charge in [0, 0.05) is 15.9 Å². The predicted molar refractivity (Wildman–Crippen MR) is 82.7 cm³/mol. The van der Waals surface area contributed by atoms with Gasteiger partial charge in [-0.15, -0.1) is 22.7 Å². The van der Waals surface area contributed by atoms with Gasteiger partial charge in [-0.05, 0) is 30.4 Å². The molecular formula is C14H17NO3S2. The SMILES string of the molecule is CCC(CC)(CNC(=O)c1cc2sccc2s1)C(=O)O. The molecule has 0 unspecified atom stereocenters. The summed E-state index contributed by atoms with van der Waals surface area (Å²) in [4.78, 5) is 24.1. The van der Waals surface area contributed by atoms with E-state index in [4.69, 9.17) is 0 Å². The third-order valence-corrected chi connectivity index (χ3v) is 5.85. The number of hydrogen-bond donors (Lipinski definition) is 2. The molecule has 2 rings (SSSR count). The van der Waals surface area contributed by atoms with Crippen LogP contribution in [-0.4, -0.2) is 23.5 Å². The summed E-state index contributed by atoms with van der Waals surface area (Å²) < 4.78 is 2.19. The van der Waals surface area contributed by atoms with Crippen molar-refractivity contribution in [1.29, 1.82) is 0 Å². The Bertz CT molecular complexity index is 597. The second-order valence-electron chi connectivity index (χ2n) is 4.74. The molecule has 0 fully saturated rings. The van der Waals surface area contributed by atoms with E-state index in [1.807, 2.05) is 31.4 Å². The molecule has 2 heterocycles. The fraction of sp³-hybridized carbons (Fsp3) is 0.429. The van der Waals surface area contributed by atoms with Gasteiger partial charge < -0.3 is 10.4 Å². The number of amides is 1. The lowest BCUT2D eigenvalue weighted by Gasteiger charge is -2.26. The zero-order valence-corrected chi connectivity index (χ0v) is 13.1. The highest BCUT2D eigenvalue weighted by atomic mass is 32.1. The van der Waals surface area contributed by atoms with E-state index < -0.39 is 11.4 Å². The number of carbonyl (C=O) groups excluding carboxylic acids is 1. The van der Waals surface area contributed by atoms with E-state index in [2.05, 4.69) is 5.32 Å². The fourth-order valence-electron chi connectivity index (χ4n) is 2.09. The minimum atomic E-state index is -0.871. The highest BCUT2D eigenvalue weighted by molar-refractivity contribution is 7.27. The second-order valence-corrected chi connectivity index (χ2v) is 6.77. The largest absolute Gasteiger partial charge is 0.481 e. The number of rotatable bonds is 6. The molecule has 2 N–H and O–H groups in total. The van der Waals surface area contributed by atoms with Gasteiger partial charge >= 0.3 is 5.97 Å². The molecular weight excluding hydrogens is 294 g/mol. The molecule has 2 aromatic rings. The van der Waals surface area contributed by atoms with Crippen LogP contribution in [0.4, 0.5) is 0 Å². The van der Waals surface area contributed by atoms with Crippen molar-refractivity contribution < 1.29 is 14.7 Å². The number of thiophene rings is 2. The maximum Gasteiger partial charge on any atom is 0.311 e. The number of carboxylic acid groups (broad SMARTS) is 1. The first kappa shape index (κ1) is 15.0. The van der Waals surface area contributed by atoms with Gasteiger partial charge in [0.2, 0.25) is 0 Å². The average Bonchev–Trinajstić information content (AvgIpc) is 3.00. The lowest BCUT2D eigenvalue weighted by molar-refractivity contribution is -0.149. The third kappa shape index (κ3) is 2.71. The average molecular weight is 311 g/mol. The van der Waals surface area contributed by atoms with Crippen LogP contribution in [0, 0.1) is 5.41 Å². The zero-order chi connectivity index (χ0) is 14.8. The van der Waals surface area contributed by atoms with E-state index in [-0.39, 0.29) is 12.5 Å². The zero-order valence-electron chi connectivity index (χ0n) is 11.4. The van der Waals surface area contributed by atoms with Crippen LogP contribution in [0.15, 0.2) is 17.5 Å². The Balaban J connectivity index is 2.08. The highest BCUT2D eigenvalue weighted by Crippen LogP contribution is 2.30. The lowest BCUT2D eigenvalue weighted by Crippen LogP contribution is -2.42. The Morgan fingerprint density at radius 3 is 2.55 bits per heavy atom. The molecule has 2 aromatic heterocycles.